The van der Waals surface area contributed by atoms with E-state index >= 15 is 0 Å². The van der Waals surface area contributed by atoms with Gasteiger partial charge in [0.2, 0.25) is 6.41 Å². The van der Waals surface area contributed by atoms with Gasteiger partial charge in [-0.15, -0.1) is 0 Å². The van der Waals surface area contributed by atoms with Crippen LogP contribution in [0.5, 0.6) is 0 Å². The Kier molecular flexibility index (Phi) is 4.58. The number of rotatable bonds is 5. The quantitative estimate of drug-likeness (QED) is 0.466. The number of carbonyl (C=O) groups is 2. The Morgan fingerprint density at radius 2 is 2.21 bits per heavy atom. The monoisotopic (exact) mass is 267 g/mol. The standard InChI is InChI=1S/C14H21NO4/c1-3-18-14(17)13(15-8-16)11-6-9(2)19-12(7-11)10-4-5-10/h8-10,12H,3-7H2,1-2H3,(H,15,16)/b13-11-/t9-,12+/m1/s1. The Balaban J connectivity index is 2.17. The van der Waals surface area contributed by atoms with Gasteiger partial charge in [-0.3, -0.25) is 4.79 Å². The molecular weight excluding hydrogens is 246 g/mol. The molecule has 0 bridgehead atoms. The lowest BCUT2D eigenvalue weighted by Gasteiger charge is -2.31. The highest BCUT2D eigenvalue weighted by molar-refractivity contribution is 5.91. The molecule has 5 heteroatoms. The van der Waals surface area contributed by atoms with Crippen molar-refractivity contribution in [3.05, 3.63) is 11.3 Å². The molecule has 0 radical (unpaired) electrons. The summed E-state index contributed by atoms with van der Waals surface area (Å²) >= 11 is 0. The van der Waals surface area contributed by atoms with Crippen LogP contribution in [0.3, 0.4) is 0 Å². The predicted molar refractivity (Wildman–Crippen MR) is 69.2 cm³/mol. The van der Waals surface area contributed by atoms with Crippen molar-refractivity contribution in [3.63, 3.8) is 0 Å². The minimum absolute atomic E-state index is 0.0761. The molecule has 106 valence electrons. The molecule has 2 aliphatic rings. The number of hydrogen-bond donors (Lipinski definition) is 1. The molecule has 1 amide bonds. The minimum atomic E-state index is -0.451. The van der Waals surface area contributed by atoms with E-state index in [9.17, 15) is 9.59 Å². The SMILES string of the molecule is CCOC(=O)/C(NC=O)=C1\C[C@@H](C)O[C@H](C2CC2)C1. The fourth-order valence-electron chi connectivity index (χ4n) is 2.59. The first kappa shape index (κ1) is 14.1. The van der Waals surface area contributed by atoms with Crippen molar-refractivity contribution < 1.29 is 19.1 Å². The summed E-state index contributed by atoms with van der Waals surface area (Å²) in [6.45, 7) is 4.05. The molecule has 0 aromatic heterocycles. The topological polar surface area (TPSA) is 64.6 Å². The van der Waals surface area contributed by atoms with Gasteiger partial charge < -0.3 is 14.8 Å². The maximum Gasteiger partial charge on any atom is 0.354 e. The van der Waals surface area contributed by atoms with E-state index in [0.717, 1.165) is 5.57 Å². The molecule has 0 spiro atoms. The lowest BCUT2D eigenvalue weighted by Crippen LogP contribution is -2.32. The summed E-state index contributed by atoms with van der Waals surface area (Å²) in [4.78, 5) is 22.6. The van der Waals surface area contributed by atoms with Crippen LogP contribution in [0.1, 0.15) is 39.5 Å². The van der Waals surface area contributed by atoms with Crippen molar-refractivity contribution in [2.24, 2.45) is 5.92 Å². The van der Waals surface area contributed by atoms with E-state index in [1.807, 2.05) is 6.92 Å². The number of nitrogens with one attached hydrogen (secondary N) is 1. The third kappa shape index (κ3) is 3.56. The van der Waals surface area contributed by atoms with E-state index < -0.39 is 5.97 Å². The van der Waals surface area contributed by atoms with Gasteiger partial charge in [0.1, 0.15) is 5.70 Å². The van der Waals surface area contributed by atoms with Gasteiger partial charge in [0.05, 0.1) is 18.8 Å². The Morgan fingerprint density at radius 1 is 1.47 bits per heavy atom. The van der Waals surface area contributed by atoms with Crippen LogP contribution in [-0.4, -0.2) is 31.2 Å². The number of amides is 1. The maximum absolute atomic E-state index is 11.9. The summed E-state index contributed by atoms with van der Waals surface area (Å²) in [6.07, 6.45) is 4.55. The van der Waals surface area contributed by atoms with Crippen molar-refractivity contribution >= 4 is 12.4 Å². The molecule has 0 aromatic carbocycles. The zero-order valence-electron chi connectivity index (χ0n) is 11.5. The normalized spacial score (nSPS) is 29.6. The summed E-state index contributed by atoms with van der Waals surface area (Å²) < 4.78 is 10.9. The van der Waals surface area contributed by atoms with E-state index in [1.54, 1.807) is 6.92 Å². The number of carbonyl (C=O) groups excluding carboxylic acids is 2. The van der Waals surface area contributed by atoms with Crippen molar-refractivity contribution in [2.45, 2.75) is 51.7 Å². The molecule has 2 fully saturated rings. The molecule has 0 aromatic rings. The second kappa shape index (κ2) is 6.19. The van der Waals surface area contributed by atoms with Crippen LogP contribution >= 0.6 is 0 Å². The first-order chi connectivity index (χ1) is 9.15. The molecule has 1 aliphatic heterocycles. The molecule has 0 unspecified atom stereocenters. The van der Waals surface area contributed by atoms with Crippen LogP contribution in [-0.2, 0) is 19.1 Å². The molecular formula is C14H21NO4. The van der Waals surface area contributed by atoms with Crippen molar-refractivity contribution in [2.75, 3.05) is 6.61 Å². The van der Waals surface area contributed by atoms with Gasteiger partial charge in [-0.05, 0) is 51.0 Å². The molecule has 2 rings (SSSR count). The summed E-state index contributed by atoms with van der Waals surface area (Å²) in [5.74, 6) is 0.158. The molecule has 5 nitrogen and oxygen atoms in total. The van der Waals surface area contributed by atoms with E-state index in [2.05, 4.69) is 5.32 Å². The van der Waals surface area contributed by atoms with Gasteiger partial charge in [0, 0.05) is 0 Å². The third-order valence-electron chi connectivity index (χ3n) is 3.57. The van der Waals surface area contributed by atoms with Crippen molar-refractivity contribution in [1.29, 1.82) is 0 Å². The Morgan fingerprint density at radius 3 is 2.79 bits per heavy atom. The largest absolute Gasteiger partial charge is 0.461 e. The van der Waals surface area contributed by atoms with Gasteiger partial charge in [-0.2, -0.15) is 0 Å². The smallest absolute Gasteiger partial charge is 0.354 e. The molecule has 19 heavy (non-hydrogen) atoms. The van der Waals surface area contributed by atoms with E-state index in [-0.39, 0.29) is 12.2 Å². The van der Waals surface area contributed by atoms with Crippen molar-refractivity contribution in [3.8, 4) is 0 Å². The molecule has 1 aliphatic carbocycles. The maximum atomic E-state index is 11.9. The van der Waals surface area contributed by atoms with Crippen LogP contribution in [0.25, 0.3) is 0 Å². The van der Waals surface area contributed by atoms with Crippen LogP contribution < -0.4 is 5.32 Å². The number of esters is 1. The van der Waals surface area contributed by atoms with Crippen molar-refractivity contribution in [1.82, 2.24) is 5.32 Å². The Bertz CT molecular complexity index is 387. The zero-order chi connectivity index (χ0) is 13.8. The summed E-state index contributed by atoms with van der Waals surface area (Å²) in [5.41, 5.74) is 1.25. The summed E-state index contributed by atoms with van der Waals surface area (Å²) in [6, 6.07) is 0. The lowest BCUT2D eigenvalue weighted by molar-refractivity contribution is -0.139. The third-order valence-corrected chi connectivity index (χ3v) is 3.57. The highest BCUT2D eigenvalue weighted by atomic mass is 16.5. The van der Waals surface area contributed by atoms with Crippen LogP contribution in [0.15, 0.2) is 11.3 Å². The summed E-state index contributed by atoms with van der Waals surface area (Å²) in [5, 5.41) is 2.51. The van der Waals surface area contributed by atoms with Gasteiger partial charge in [0.25, 0.3) is 0 Å². The van der Waals surface area contributed by atoms with Crippen LogP contribution in [0.2, 0.25) is 0 Å². The first-order valence-electron chi connectivity index (χ1n) is 6.90. The minimum Gasteiger partial charge on any atom is -0.461 e. The average molecular weight is 267 g/mol. The lowest BCUT2D eigenvalue weighted by atomic mass is 9.94. The van der Waals surface area contributed by atoms with Gasteiger partial charge in [-0.1, -0.05) is 0 Å². The highest BCUT2D eigenvalue weighted by Gasteiger charge is 2.37. The molecule has 1 N–H and O–H groups in total. The van der Waals surface area contributed by atoms with Crippen LogP contribution in [0, 0.1) is 5.92 Å². The number of ether oxygens (including phenoxy) is 2. The van der Waals surface area contributed by atoms with Crippen LogP contribution in [0.4, 0.5) is 0 Å². The average Bonchev–Trinajstić information content (AvgIpc) is 3.19. The second-order valence-electron chi connectivity index (χ2n) is 5.19. The van der Waals surface area contributed by atoms with E-state index in [0.29, 0.717) is 37.5 Å². The van der Waals surface area contributed by atoms with Gasteiger partial charge >= 0.3 is 5.97 Å². The Labute approximate surface area is 113 Å². The highest BCUT2D eigenvalue weighted by Crippen LogP contribution is 2.41. The fourth-order valence-corrected chi connectivity index (χ4v) is 2.59. The number of hydrogen-bond acceptors (Lipinski definition) is 4. The van der Waals surface area contributed by atoms with Gasteiger partial charge in [0.15, 0.2) is 0 Å². The molecule has 1 saturated carbocycles. The van der Waals surface area contributed by atoms with E-state index in [1.165, 1.54) is 12.8 Å². The van der Waals surface area contributed by atoms with E-state index in [4.69, 9.17) is 9.47 Å². The molecule has 1 heterocycles. The molecule has 1 saturated heterocycles. The predicted octanol–water partition coefficient (Wildman–Crippen LogP) is 1.53. The second-order valence-corrected chi connectivity index (χ2v) is 5.19. The Hall–Kier alpha value is -1.36. The molecule has 2 atom stereocenters. The van der Waals surface area contributed by atoms with Gasteiger partial charge in [-0.25, -0.2) is 4.79 Å². The summed E-state index contributed by atoms with van der Waals surface area (Å²) in [7, 11) is 0. The fraction of sp³-hybridized carbons (Fsp3) is 0.714. The zero-order valence-corrected chi connectivity index (χ0v) is 11.5. The first-order valence-corrected chi connectivity index (χ1v) is 6.90.